The molecular formula is C24H25BN6O2. The van der Waals surface area contributed by atoms with E-state index in [-0.39, 0.29) is 5.91 Å². The highest BCUT2D eigenvalue weighted by molar-refractivity contribution is 6.35. The second kappa shape index (κ2) is 10.5. The molecule has 4 aromatic rings. The zero-order valence-electron chi connectivity index (χ0n) is 18.3. The Morgan fingerprint density at radius 3 is 2.67 bits per heavy atom. The molecule has 2 heterocycles. The van der Waals surface area contributed by atoms with Gasteiger partial charge in [-0.05, 0) is 47.8 Å². The van der Waals surface area contributed by atoms with Crippen LogP contribution < -0.4 is 27.1 Å². The molecule has 1 amide bonds. The first kappa shape index (κ1) is 22.1. The highest BCUT2D eigenvalue weighted by atomic mass is 16.3. The van der Waals surface area contributed by atoms with Gasteiger partial charge >= 0.3 is 0 Å². The lowest BCUT2D eigenvalue weighted by atomic mass is 9.99. The van der Waals surface area contributed by atoms with E-state index in [1.807, 2.05) is 74.6 Å². The number of anilines is 4. The number of rotatable bonds is 9. The second-order valence-corrected chi connectivity index (χ2v) is 7.65. The molecule has 0 saturated heterocycles. The molecule has 1 atom stereocenters. The van der Waals surface area contributed by atoms with Crippen LogP contribution in [0.2, 0.25) is 0 Å². The van der Waals surface area contributed by atoms with E-state index in [0.29, 0.717) is 30.4 Å². The van der Waals surface area contributed by atoms with E-state index in [9.17, 15) is 4.79 Å². The third kappa shape index (κ3) is 6.21. The summed E-state index contributed by atoms with van der Waals surface area (Å²) in [5.41, 5.74) is 9.40. The van der Waals surface area contributed by atoms with Gasteiger partial charge < -0.3 is 26.1 Å². The third-order valence-electron chi connectivity index (χ3n) is 5.00. The standard InChI is InChI=1S/C24H25BN6O2/c25-20-15-28-24(31-22(20)27-14-19-10-5-11-33-19)30-18-9-4-8-17(13-18)29-23(32)21(26)12-16-6-2-1-3-7-16/h1-11,13,15,21H,12,14,25-26H2,(H,29,32)(H2,27,28,30,31). The maximum absolute atomic E-state index is 12.5. The number of furan rings is 1. The lowest BCUT2D eigenvalue weighted by molar-refractivity contribution is -0.117. The van der Waals surface area contributed by atoms with Crippen molar-refractivity contribution in [2.24, 2.45) is 5.73 Å². The van der Waals surface area contributed by atoms with Gasteiger partial charge in [0.1, 0.15) is 19.4 Å². The zero-order chi connectivity index (χ0) is 23.0. The number of nitrogens with zero attached hydrogens (tertiary/aromatic N) is 2. The van der Waals surface area contributed by atoms with E-state index >= 15 is 0 Å². The molecule has 0 bridgehead atoms. The number of hydrogen-bond donors (Lipinski definition) is 4. The molecule has 0 aliphatic carbocycles. The van der Waals surface area contributed by atoms with Gasteiger partial charge in [-0.15, -0.1) is 0 Å². The summed E-state index contributed by atoms with van der Waals surface area (Å²) < 4.78 is 5.35. The van der Waals surface area contributed by atoms with Crippen LogP contribution in [0, 0.1) is 0 Å². The molecule has 1 unspecified atom stereocenters. The Balaban J connectivity index is 1.38. The SMILES string of the molecule is Bc1cnc(Nc2cccc(NC(=O)C(N)Cc3ccccc3)c2)nc1NCc1ccco1. The number of aromatic nitrogens is 2. The summed E-state index contributed by atoms with van der Waals surface area (Å²) in [7, 11) is 1.93. The number of carbonyl (C=O) groups excluding carboxylic acids is 1. The van der Waals surface area contributed by atoms with Crippen molar-refractivity contribution in [2.75, 3.05) is 16.0 Å². The quantitative estimate of drug-likeness (QED) is 0.295. The largest absolute Gasteiger partial charge is 0.467 e. The summed E-state index contributed by atoms with van der Waals surface area (Å²) in [5.74, 6) is 1.72. The van der Waals surface area contributed by atoms with Gasteiger partial charge in [-0.3, -0.25) is 4.79 Å². The highest BCUT2D eigenvalue weighted by Crippen LogP contribution is 2.19. The molecule has 166 valence electrons. The first-order chi connectivity index (χ1) is 16.1. The normalized spacial score (nSPS) is 11.5. The third-order valence-corrected chi connectivity index (χ3v) is 5.00. The van der Waals surface area contributed by atoms with Crippen LogP contribution in [0.4, 0.5) is 23.1 Å². The van der Waals surface area contributed by atoms with Gasteiger partial charge in [0.2, 0.25) is 11.9 Å². The van der Waals surface area contributed by atoms with Crippen LogP contribution in [-0.2, 0) is 17.8 Å². The molecule has 0 aliphatic heterocycles. The zero-order valence-corrected chi connectivity index (χ0v) is 18.3. The monoisotopic (exact) mass is 440 g/mol. The maximum atomic E-state index is 12.5. The predicted molar refractivity (Wildman–Crippen MR) is 133 cm³/mol. The van der Waals surface area contributed by atoms with Crippen molar-refractivity contribution >= 4 is 42.4 Å². The number of benzene rings is 2. The fourth-order valence-corrected chi connectivity index (χ4v) is 3.26. The van der Waals surface area contributed by atoms with E-state index in [0.717, 1.165) is 22.5 Å². The van der Waals surface area contributed by atoms with Crippen molar-refractivity contribution in [3.05, 3.63) is 90.5 Å². The van der Waals surface area contributed by atoms with Crippen molar-refractivity contribution in [3.63, 3.8) is 0 Å². The molecule has 8 nitrogen and oxygen atoms in total. The number of amides is 1. The lowest BCUT2D eigenvalue weighted by Gasteiger charge is -2.14. The summed E-state index contributed by atoms with van der Waals surface area (Å²) in [5, 5.41) is 9.31. The van der Waals surface area contributed by atoms with Crippen molar-refractivity contribution in [2.45, 2.75) is 19.0 Å². The molecule has 0 radical (unpaired) electrons. The van der Waals surface area contributed by atoms with Gasteiger partial charge in [0, 0.05) is 17.6 Å². The number of nitrogens with one attached hydrogen (secondary N) is 3. The first-order valence-electron chi connectivity index (χ1n) is 10.6. The second-order valence-electron chi connectivity index (χ2n) is 7.65. The summed E-state index contributed by atoms with van der Waals surface area (Å²) in [4.78, 5) is 21.4. The van der Waals surface area contributed by atoms with Gasteiger partial charge in [-0.1, -0.05) is 36.4 Å². The fraction of sp³-hybridized carbons (Fsp3) is 0.125. The van der Waals surface area contributed by atoms with Gasteiger partial charge in [-0.2, -0.15) is 4.98 Å². The van der Waals surface area contributed by atoms with Crippen LogP contribution >= 0.6 is 0 Å². The first-order valence-corrected chi connectivity index (χ1v) is 10.6. The topological polar surface area (TPSA) is 118 Å². The molecule has 0 fully saturated rings. The molecule has 0 aliphatic rings. The summed E-state index contributed by atoms with van der Waals surface area (Å²) in [6, 6.07) is 20.1. The molecule has 2 aromatic carbocycles. The van der Waals surface area contributed by atoms with Crippen LogP contribution in [0.5, 0.6) is 0 Å². The van der Waals surface area contributed by atoms with Crippen molar-refractivity contribution in [1.82, 2.24) is 9.97 Å². The van der Waals surface area contributed by atoms with Crippen molar-refractivity contribution in [1.29, 1.82) is 0 Å². The van der Waals surface area contributed by atoms with Crippen LogP contribution in [-0.4, -0.2) is 29.8 Å². The van der Waals surface area contributed by atoms with Gasteiger partial charge in [0.05, 0.1) is 18.8 Å². The predicted octanol–water partition coefficient (Wildman–Crippen LogP) is 2.19. The van der Waals surface area contributed by atoms with E-state index in [2.05, 4.69) is 25.9 Å². The van der Waals surface area contributed by atoms with E-state index in [1.54, 1.807) is 12.5 Å². The average Bonchev–Trinajstić information content (AvgIpc) is 3.34. The summed E-state index contributed by atoms with van der Waals surface area (Å²) in [6.07, 6.45) is 3.85. The summed E-state index contributed by atoms with van der Waals surface area (Å²) in [6.45, 7) is 0.523. The number of nitrogens with two attached hydrogens (primary N) is 1. The van der Waals surface area contributed by atoms with Gasteiger partial charge in [0.25, 0.3) is 0 Å². The van der Waals surface area contributed by atoms with Crippen molar-refractivity contribution in [3.8, 4) is 0 Å². The molecule has 4 rings (SSSR count). The molecule has 33 heavy (non-hydrogen) atoms. The molecule has 0 saturated carbocycles. The Hall–Kier alpha value is -4.11. The molecule has 9 heteroatoms. The minimum Gasteiger partial charge on any atom is -0.467 e. The van der Waals surface area contributed by atoms with Gasteiger partial charge in [0.15, 0.2) is 0 Å². The molecule has 5 N–H and O–H groups in total. The summed E-state index contributed by atoms with van der Waals surface area (Å²) >= 11 is 0. The van der Waals surface area contributed by atoms with Crippen LogP contribution in [0.15, 0.2) is 83.6 Å². The Morgan fingerprint density at radius 1 is 1.06 bits per heavy atom. The Bertz CT molecular complexity index is 1200. The molecule has 2 aromatic heterocycles. The van der Waals surface area contributed by atoms with Crippen LogP contribution in [0.3, 0.4) is 0 Å². The van der Waals surface area contributed by atoms with E-state index < -0.39 is 6.04 Å². The maximum Gasteiger partial charge on any atom is 0.241 e. The Labute approximate surface area is 193 Å². The molecular weight excluding hydrogens is 415 g/mol. The fourth-order valence-electron chi connectivity index (χ4n) is 3.26. The van der Waals surface area contributed by atoms with E-state index in [4.69, 9.17) is 10.2 Å². The minimum atomic E-state index is -0.646. The number of hydrogen-bond acceptors (Lipinski definition) is 7. The number of carbonyl (C=O) groups is 1. The van der Waals surface area contributed by atoms with Crippen LogP contribution in [0.1, 0.15) is 11.3 Å². The molecule has 0 spiro atoms. The van der Waals surface area contributed by atoms with Gasteiger partial charge in [-0.25, -0.2) is 4.98 Å². The highest BCUT2D eigenvalue weighted by Gasteiger charge is 2.14. The van der Waals surface area contributed by atoms with Crippen molar-refractivity contribution < 1.29 is 9.21 Å². The van der Waals surface area contributed by atoms with Crippen LogP contribution in [0.25, 0.3) is 0 Å². The van der Waals surface area contributed by atoms with E-state index in [1.165, 1.54) is 0 Å². The Kier molecular flexibility index (Phi) is 7.01. The Morgan fingerprint density at radius 2 is 1.88 bits per heavy atom. The average molecular weight is 440 g/mol. The minimum absolute atomic E-state index is 0.244. The smallest absolute Gasteiger partial charge is 0.241 e. The lowest BCUT2D eigenvalue weighted by Crippen LogP contribution is -2.37.